The summed E-state index contributed by atoms with van der Waals surface area (Å²) in [6, 6.07) is 3.03. The molecule has 3 heterocycles. The summed E-state index contributed by atoms with van der Waals surface area (Å²) in [5, 5.41) is 3.78. The lowest BCUT2D eigenvalue weighted by Gasteiger charge is -2.28. The van der Waals surface area contributed by atoms with Crippen LogP contribution in [0.3, 0.4) is 0 Å². The summed E-state index contributed by atoms with van der Waals surface area (Å²) < 4.78 is 21.7. The van der Waals surface area contributed by atoms with E-state index in [-0.39, 0.29) is 24.0 Å². The van der Waals surface area contributed by atoms with Crippen LogP contribution < -0.4 is 10.9 Å². The molecule has 2 aromatic heterocycles. The van der Waals surface area contributed by atoms with Crippen LogP contribution in [0.1, 0.15) is 65.1 Å². The molecule has 0 bridgehead atoms. The summed E-state index contributed by atoms with van der Waals surface area (Å²) in [7, 11) is 1.52. The molecule has 2 aliphatic rings. The van der Waals surface area contributed by atoms with Gasteiger partial charge in [0, 0.05) is 35.6 Å². The first kappa shape index (κ1) is 22.4. The number of aromatic nitrogens is 2. The first-order chi connectivity index (χ1) is 16.4. The first-order valence-electron chi connectivity index (χ1n) is 11.5. The summed E-state index contributed by atoms with van der Waals surface area (Å²) in [6.07, 6.45) is 3.35. The molecule has 1 N–H and O–H groups in total. The van der Waals surface area contributed by atoms with Crippen LogP contribution in [0.2, 0.25) is 0 Å². The maximum Gasteiger partial charge on any atom is 0.257 e. The predicted octanol–water partition coefficient (Wildman–Crippen LogP) is 3.44. The van der Waals surface area contributed by atoms with Crippen LogP contribution in [0.25, 0.3) is 22.3 Å². The molecule has 0 spiro atoms. The number of nitrogens with zero attached hydrogens (tertiary/aromatic N) is 2. The maximum absolute atomic E-state index is 14.8. The third kappa shape index (κ3) is 3.12. The van der Waals surface area contributed by atoms with Crippen LogP contribution in [0.5, 0.6) is 0 Å². The van der Waals surface area contributed by atoms with E-state index < -0.39 is 5.92 Å². The van der Waals surface area contributed by atoms with Crippen molar-refractivity contribution in [1.29, 1.82) is 0 Å². The zero-order valence-electron chi connectivity index (χ0n) is 19.4. The van der Waals surface area contributed by atoms with Gasteiger partial charge in [0.05, 0.1) is 36.1 Å². The lowest BCUT2D eigenvalue weighted by Crippen LogP contribution is -2.27. The summed E-state index contributed by atoms with van der Waals surface area (Å²) in [4.78, 5) is 41.6. The molecule has 1 aromatic carbocycles. The molecule has 1 aliphatic heterocycles. The molecule has 2 atom stereocenters. The van der Waals surface area contributed by atoms with E-state index in [0.29, 0.717) is 65.8 Å². The smallest absolute Gasteiger partial charge is 0.257 e. The number of halogens is 1. The van der Waals surface area contributed by atoms with E-state index >= 15 is 0 Å². The van der Waals surface area contributed by atoms with E-state index in [1.54, 1.807) is 11.5 Å². The third-order valence-electron chi connectivity index (χ3n) is 7.33. The summed E-state index contributed by atoms with van der Waals surface area (Å²) in [5.41, 5.74) is 5.84. The van der Waals surface area contributed by atoms with Crippen molar-refractivity contribution in [3.63, 3.8) is 0 Å². The van der Waals surface area contributed by atoms with Crippen molar-refractivity contribution in [2.75, 3.05) is 7.11 Å². The zero-order chi connectivity index (χ0) is 24.1. The highest BCUT2D eigenvalue weighted by atomic mass is 19.1. The number of benzene rings is 1. The van der Waals surface area contributed by atoms with Gasteiger partial charge in [-0.25, -0.2) is 9.37 Å². The Balaban J connectivity index is 1.85. The van der Waals surface area contributed by atoms with Crippen molar-refractivity contribution in [2.45, 2.75) is 58.2 Å². The van der Waals surface area contributed by atoms with E-state index in [1.165, 1.54) is 13.2 Å². The fourth-order valence-corrected chi connectivity index (χ4v) is 5.62. The molecule has 8 heteroatoms. The molecule has 34 heavy (non-hydrogen) atoms. The zero-order valence-corrected chi connectivity index (χ0v) is 19.4. The Bertz CT molecular complexity index is 1410. The van der Waals surface area contributed by atoms with Gasteiger partial charge in [0.2, 0.25) is 6.41 Å². The fraction of sp³-hybridized carbons (Fsp3) is 0.385. The van der Waals surface area contributed by atoms with Crippen molar-refractivity contribution < 1.29 is 18.7 Å². The molecule has 0 unspecified atom stereocenters. The van der Waals surface area contributed by atoms with Crippen LogP contribution in [0.4, 0.5) is 4.39 Å². The van der Waals surface area contributed by atoms with Crippen molar-refractivity contribution in [3.05, 3.63) is 61.7 Å². The minimum Gasteiger partial charge on any atom is -0.380 e. The maximum atomic E-state index is 14.8. The van der Waals surface area contributed by atoms with E-state index in [2.05, 4.69) is 5.32 Å². The molecular weight excluding hydrogens is 437 g/mol. The monoisotopic (exact) mass is 463 g/mol. The van der Waals surface area contributed by atoms with E-state index in [0.717, 1.165) is 28.4 Å². The molecule has 5 rings (SSSR count). The Labute approximate surface area is 196 Å². The molecule has 0 saturated heterocycles. The van der Waals surface area contributed by atoms with Crippen molar-refractivity contribution >= 4 is 23.6 Å². The topological polar surface area (TPSA) is 90.3 Å². The number of nitrogens with one attached hydrogen (secondary N) is 1. The van der Waals surface area contributed by atoms with Gasteiger partial charge in [-0.15, -0.1) is 0 Å². The molecule has 0 saturated carbocycles. The van der Waals surface area contributed by atoms with Gasteiger partial charge in [-0.05, 0) is 54.5 Å². The number of ether oxygens (including phenoxy) is 1. The highest BCUT2D eigenvalue weighted by molar-refractivity contribution is 5.93. The summed E-state index contributed by atoms with van der Waals surface area (Å²) >= 11 is 0. The average molecular weight is 464 g/mol. The number of rotatable bonds is 7. The number of amides is 1. The number of aldehydes is 1. The van der Waals surface area contributed by atoms with E-state index in [4.69, 9.17) is 9.72 Å². The number of fused-ring (bicyclic) bond motifs is 4. The standard InChI is InChI=1S/C26H26FN3O4/c1-4-14(10-31)16-7-22-25-17(9-30(22)26(33)18(16)11-34-3)24-20(28-12-32)6-5-15-13(2)19(27)8-21(29-25)23(15)24/h7-8,10,12,14,20H,4-6,9,11H2,1-3H3,(H,28,32)/t14-,20-/m0/s1. The molecule has 1 amide bonds. The number of carbonyl (C=O) groups is 2. The second kappa shape index (κ2) is 8.43. The highest BCUT2D eigenvalue weighted by Gasteiger charge is 2.34. The van der Waals surface area contributed by atoms with Gasteiger partial charge in [0.15, 0.2) is 0 Å². The van der Waals surface area contributed by atoms with Gasteiger partial charge in [-0.1, -0.05) is 6.92 Å². The Morgan fingerprint density at radius 1 is 1.32 bits per heavy atom. The van der Waals surface area contributed by atoms with Crippen molar-refractivity contribution in [1.82, 2.24) is 14.9 Å². The molecule has 0 radical (unpaired) electrons. The number of carbonyl (C=O) groups excluding carboxylic acids is 2. The van der Waals surface area contributed by atoms with Gasteiger partial charge in [0.1, 0.15) is 12.1 Å². The van der Waals surface area contributed by atoms with E-state index in [1.807, 2.05) is 13.0 Å². The third-order valence-corrected chi connectivity index (χ3v) is 7.33. The lowest BCUT2D eigenvalue weighted by atomic mass is 9.82. The minimum absolute atomic E-state index is 0.0985. The Kier molecular flexibility index (Phi) is 5.56. The van der Waals surface area contributed by atoms with Gasteiger partial charge >= 0.3 is 0 Å². The van der Waals surface area contributed by atoms with Crippen molar-refractivity contribution in [2.24, 2.45) is 0 Å². The fourth-order valence-electron chi connectivity index (χ4n) is 5.62. The van der Waals surface area contributed by atoms with Crippen LogP contribution in [0, 0.1) is 12.7 Å². The number of methoxy groups -OCH3 is 1. The van der Waals surface area contributed by atoms with Crippen LogP contribution in [0.15, 0.2) is 16.9 Å². The molecular formula is C26H26FN3O4. The second-order valence-corrected chi connectivity index (χ2v) is 9.02. The largest absolute Gasteiger partial charge is 0.380 e. The average Bonchev–Trinajstić information content (AvgIpc) is 3.20. The van der Waals surface area contributed by atoms with Crippen LogP contribution >= 0.6 is 0 Å². The van der Waals surface area contributed by atoms with E-state index in [9.17, 15) is 18.8 Å². The predicted molar refractivity (Wildman–Crippen MR) is 125 cm³/mol. The number of aryl methyl sites for hydroxylation is 1. The first-order valence-corrected chi connectivity index (χ1v) is 11.5. The second-order valence-electron chi connectivity index (χ2n) is 9.02. The van der Waals surface area contributed by atoms with Crippen molar-refractivity contribution in [3.8, 4) is 11.4 Å². The summed E-state index contributed by atoms with van der Waals surface area (Å²) in [6.45, 7) is 4.05. The Hall–Kier alpha value is -3.39. The molecule has 1 aliphatic carbocycles. The normalized spacial score (nSPS) is 16.8. The molecule has 7 nitrogen and oxygen atoms in total. The summed E-state index contributed by atoms with van der Waals surface area (Å²) in [5.74, 6) is -0.760. The number of hydrogen-bond donors (Lipinski definition) is 1. The minimum atomic E-state index is -0.442. The molecule has 3 aromatic rings. The molecule has 176 valence electrons. The Morgan fingerprint density at radius 2 is 2.12 bits per heavy atom. The SMILES string of the molecule is CC[C@@H](C=O)c1cc2n(c(=O)c1COC)Cc1c-2nc2cc(F)c(C)c3c2c1[C@@H](NC=O)CC3. The van der Waals surface area contributed by atoms with Gasteiger partial charge < -0.3 is 19.4 Å². The van der Waals surface area contributed by atoms with Crippen LogP contribution in [-0.4, -0.2) is 29.4 Å². The lowest BCUT2D eigenvalue weighted by molar-refractivity contribution is -0.110. The highest BCUT2D eigenvalue weighted by Crippen LogP contribution is 2.44. The van der Waals surface area contributed by atoms with Gasteiger partial charge in [-0.3, -0.25) is 9.59 Å². The molecule has 0 fully saturated rings. The number of pyridine rings is 2. The number of hydrogen-bond acceptors (Lipinski definition) is 5. The van der Waals surface area contributed by atoms with Gasteiger partial charge in [0.25, 0.3) is 5.56 Å². The van der Waals surface area contributed by atoms with Gasteiger partial charge in [-0.2, -0.15) is 0 Å². The van der Waals surface area contributed by atoms with Crippen LogP contribution in [-0.2, 0) is 33.9 Å². The Morgan fingerprint density at radius 3 is 2.79 bits per heavy atom. The quantitative estimate of drug-likeness (QED) is 0.424.